The summed E-state index contributed by atoms with van der Waals surface area (Å²) in [5.41, 5.74) is -5.07. The van der Waals surface area contributed by atoms with Gasteiger partial charge in [-0.15, -0.1) is 0 Å². The van der Waals surface area contributed by atoms with Crippen molar-refractivity contribution < 1.29 is 43.7 Å². The first-order valence-corrected chi connectivity index (χ1v) is 16.7. The van der Waals surface area contributed by atoms with Crippen LogP contribution >= 0.6 is 0 Å². The van der Waals surface area contributed by atoms with E-state index in [1.54, 1.807) is 55.4 Å². The third-order valence-corrected chi connectivity index (χ3v) is 11.5. The molecule has 4 aliphatic rings. The van der Waals surface area contributed by atoms with Crippen LogP contribution in [0.2, 0.25) is 0 Å². The average molecular weight is 651 g/mol. The van der Waals surface area contributed by atoms with Crippen molar-refractivity contribution in [2.24, 2.45) is 45.3 Å². The van der Waals surface area contributed by atoms with Gasteiger partial charge in [-0.1, -0.05) is 41.5 Å². The Balaban J connectivity index is 2.00. The Bertz CT molecular complexity index is 1700. The molecule has 4 atom stereocenters. The summed E-state index contributed by atoms with van der Waals surface area (Å²) >= 11 is 0. The molecule has 1 saturated carbocycles. The summed E-state index contributed by atoms with van der Waals surface area (Å²) in [6, 6.07) is 0. The van der Waals surface area contributed by atoms with Gasteiger partial charge in [0.25, 0.3) is 0 Å². The van der Waals surface area contributed by atoms with E-state index in [0.29, 0.717) is 5.56 Å². The van der Waals surface area contributed by atoms with E-state index in [-0.39, 0.29) is 51.6 Å². The fourth-order valence-corrected chi connectivity index (χ4v) is 8.85. The van der Waals surface area contributed by atoms with Crippen LogP contribution in [0.25, 0.3) is 0 Å². The van der Waals surface area contributed by atoms with Crippen LogP contribution in [0.3, 0.4) is 0 Å². The number of phenolic OH excluding ortho intramolecular Hbond substituents is 1. The third kappa shape index (κ3) is 4.13. The van der Waals surface area contributed by atoms with E-state index >= 15 is 0 Å². The highest BCUT2D eigenvalue weighted by molar-refractivity contribution is 6.20. The van der Waals surface area contributed by atoms with Gasteiger partial charge in [0.2, 0.25) is 5.79 Å². The van der Waals surface area contributed by atoms with Crippen molar-refractivity contribution in [2.75, 3.05) is 0 Å². The Hall–Kier alpha value is -3.33. The number of aliphatic hydroxyl groups is 1. The Morgan fingerprint density at radius 1 is 0.745 bits per heavy atom. The van der Waals surface area contributed by atoms with Gasteiger partial charge in [0.1, 0.15) is 28.6 Å². The van der Waals surface area contributed by atoms with Crippen LogP contribution in [-0.2, 0) is 19.2 Å². The first-order chi connectivity index (χ1) is 21.2. The molecule has 0 bridgehead atoms. The second-order valence-corrected chi connectivity index (χ2v) is 17.2. The molecule has 47 heavy (non-hydrogen) atoms. The van der Waals surface area contributed by atoms with Gasteiger partial charge in [0.15, 0.2) is 28.9 Å². The number of hydrogen-bond donors (Lipinski definition) is 2. The number of benzene rings is 1. The highest BCUT2D eigenvalue weighted by Crippen LogP contribution is 2.66. The quantitative estimate of drug-likeness (QED) is 0.277. The van der Waals surface area contributed by atoms with Gasteiger partial charge in [0, 0.05) is 34.5 Å². The molecular weight excluding hydrogens is 600 g/mol. The molecule has 0 amide bonds. The maximum Gasteiger partial charge on any atom is 0.230 e. The molecule has 0 unspecified atom stereocenters. The van der Waals surface area contributed by atoms with E-state index in [2.05, 4.69) is 0 Å². The Morgan fingerprint density at radius 3 is 1.79 bits per heavy atom. The molecule has 0 saturated heterocycles. The Morgan fingerprint density at radius 2 is 1.30 bits per heavy atom. The number of allylic oxidation sites excluding steroid dienone is 2. The van der Waals surface area contributed by atoms with E-state index in [1.807, 2.05) is 27.7 Å². The molecule has 0 aromatic heterocycles. The van der Waals surface area contributed by atoms with Crippen LogP contribution in [0.4, 0.5) is 0 Å². The lowest BCUT2D eigenvalue weighted by Gasteiger charge is -2.58. The number of ether oxygens (including phenoxy) is 2. The minimum atomic E-state index is -2.37. The van der Waals surface area contributed by atoms with Crippen LogP contribution in [0, 0.1) is 45.3 Å². The van der Waals surface area contributed by atoms with E-state index in [0.717, 1.165) is 0 Å². The molecule has 1 aromatic carbocycles. The summed E-state index contributed by atoms with van der Waals surface area (Å²) in [5.74, 6) is -9.09. The van der Waals surface area contributed by atoms with E-state index < -0.39 is 80.0 Å². The van der Waals surface area contributed by atoms with Crippen molar-refractivity contribution in [2.45, 2.75) is 115 Å². The lowest BCUT2D eigenvalue weighted by atomic mass is 9.51. The highest BCUT2D eigenvalue weighted by Gasteiger charge is 2.72. The predicted octanol–water partition coefficient (Wildman–Crippen LogP) is 6.46. The first-order valence-electron chi connectivity index (χ1n) is 16.7. The summed E-state index contributed by atoms with van der Waals surface area (Å²) in [7, 11) is 0. The monoisotopic (exact) mass is 650 g/mol. The Kier molecular flexibility index (Phi) is 7.52. The number of phenols is 1. The molecule has 1 aromatic rings. The fourth-order valence-electron chi connectivity index (χ4n) is 8.85. The van der Waals surface area contributed by atoms with Crippen molar-refractivity contribution in [1.29, 1.82) is 0 Å². The second-order valence-electron chi connectivity index (χ2n) is 17.2. The minimum Gasteiger partial charge on any atom is -0.507 e. The van der Waals surface area contributed by atoms with Crippen LogP contribution in [0.5, 0.6) is 17.2 Å². The van der Waals surface area contributed by atoms with Gasteiger partial charge in [-0.05, 0) is 67.2 Å². The van der Waals surface area contributed by atoms with Crippen molar-refractivity contribution in [3.63, 3.8) is 0 Å². The number of rotatable bonds is 4. The number of carbonyl (C=O) groups is 5. The second kappa shape index (κ2) is 10.1. The molecule has 256 valence electrons. The number of aromatic hydroxyl groups is 1. The van der Waals surface area contributed by atoms with E-state index in [1.165, 1.54) is 13.8 Å². The molecule has 0 radical (unpaired) electrons. The SMILES string of the molecule is CC(C)C(=O)c1c(O)c2c(c3c1O[C@@]1(O)[C@@H](C(=O)C(C)(C)C(=O)C1(C)C)[C@@H]3C(C)C)OC1=C(C(=O)C(C)(C)C(=O)C1(C)C)[C@@H]2C(C)C. The zero-order valence-corrected chi connectivity index (χ0v) is 30.2. The van der Waals surface area contributed by atoms with Crippen molar-refractivity contribution in [3.8, 4) is 17.2 Å². The molecule has 2 N–H and O–H groups in total. The van der Waals surface area contributed by atoms with Gasteiger partial charge >= 0.3 is 0 Å². The van der Waals surface area contributed by atoms with Gasteiger partial charge in [-0.25, -0.2) is 0 Å². The lowest BCUT2D eigenvalue weighted by molar-refractivity contribution is -0.264. The molecule has 2 aliphatic carbocycles. The number of Topliss-reactive ketones (excluding diaryl/α,β-unsaturated/α-hetero) is 5. The van der Waals surface area contributed by atoms with Crippen LogP contribution in [-0.4, -0.2) is 44.9 Å². The largest absolute Gasteiger partial charge is 0.507 e. The van der Waals surface area contributed by atoms with Crippen LogP contribution in [0.15, 0.2) is 11.3 Å². The standard InChI is InChI=1S/C38H50O9/c1-15(2)18-20-26(40)23(25(39)17(5)6)28-21(27(20)46-31-22(18)29(41)34(7,8)32(43)36(31,11)12)19(16(3)4)24-30(42)35(9,10)33(44)37(13,14)38(24,45)47-28/h15-19,24,40,45H,1-14H3/t18-,19-,24-,38+/m1/s1. The maximum absolute atomic E-state index is 14.4. The summed E-state index contributed by atoms with van der Waals surface area (Å²) < 4.78 is 13.2. The molecule has 9 nitrogen and oxygen atoms in total. The normalized spacial score (nSPS) is 30.0. The molecule has 0 spiro atoms. The highest BCUT2D eigenvalue weighted by atomic mass is 16.6. The summed E-state index contributed by atoms with van der Waals surface area (Å²) in [5, 5.41) is 24.8. The zero-order chi connectivity index (χ0) is 35.9. The van der Waals surface area contributed by atoms with Gasteiger partial charge in [-0.3, -0.25) is 24.0 Å². The van der Waals surface area contributed by atoms with Crippen molar-refractivity contribution in [1.82, 2.24) is 0 Å². The summed E-state index contributed by atoms with van der Waals surface area (Å²) in [4.78, 5) is 70.4. The van der Waals surface area contributed by atoms with Crippen LogP contribution in [0.1, 0.15) is 130 Å². The lowest BCUT2D eigenvalue weighted by Crippen LogP contribution is -2.72. The maximum atomic E-state index is 14.4. The summed E-state index contributed by atoms with van der Waals surface area (Å²) in [6.45, 7) is 23.7. The number of fused-ring (bicyclic) bond motifs is 4. The van der Waals surface area contributed by atoms with Crippen molar-refractivity contribution >= 4 is 28.9 Å². The molecule has 5 rings (SSSR count). The number of ketones is 5. The third-order valence-electron chi connectivity index (χ3n) is 11.5. The smallest absolute Gasteiger partial charge is 0.230 e. The molecule has 9 heteroatoms. The predicted molar refractivity (Wildman–Crippen MR) is 174 cm³/mol. The van der Waals surface area contributed by atoms with E-state index in [9.17, 15) is 34.2 Å². The summed E-state index contributed by atoms with van der Waals surface area (Å²) in [6.07, 6.45) is 0. The first kappa shape index (κ1) is 35.0. The van der Waals surface area contributed by atoms with Gasteiger partial charge in [0.05, 0.1) is 27.6 Å². The topological polar surface area (TPSA) is 144 Å². The van der Waals surface area contributed by atoms with Gasteiger partial charge < -0.3 is 19.7 Å². The zero-order valence-electron chi connectivity index (χ0n) is 30.2. The molecular formula is C38H50O9. The van der Waals surface area contributed by atoms with Gasteiger partial charge in [-0.2, -0.15) is 0 Å². The minimum absolute atomic E-state index is 0.115. The fraction of sp³-hybridized carbons (Fsp3) is 0.658. The molecule has 1 fully saturated rings. The van der Waals surface area contributed by atoms with Crippen LogP contribution < -0.4 is 9.47 Å². The van der Waals surface area contributed by atoms with E-state index in [4.69, 9.17) is 9.47 Å². The molecule has 2 aliphatic heterocycles. The molecule has 2 heterocycles. The average Bonchev–Trinajstić information content (AvgIpc) is 2.96. The van der Waals surface area contributed by atoms with Crippen molar-refractivity contribution in [3.05, 3.63) is 28.0 Å². The number of hydrogen-bond acceptors (Lipinski definition) is 9. The number of carbonyl (C=O) groups excluding carboxylic acids is 5. The Labute approximate surface area is 277 Å².